The Kier molecular flexibility index (Phi) is 4.90. The highest BCUT2D eigenvalue weighted by molar-refractivity contribution is 5.68. The van der Waals surface area contributed by atoms with Crippen LogP contribution in [0.15, 0.2) is 18.2 Å². The fourth-order valence-corrected chi connectivity index (χ4v) is 1.70. The highest BCUT2D eigenvalue weighted by Crippen LogP contribution is 2.24. The van der Waals surface area contributed by atoms with Gasteiger partial charge in [0.15, 0.2) is 0 Å². The van der Waals surface area contributed by atoms with Gasteiger partial charge in [0.25, 0.3) is 0 Å². The fourth-order valence-electron chi connectivity index (χ4n) is 1.70. The number of carboxylic acid groups (broad SMARTS) is 1. The van der Waals surface area contributed by atoms with Crippen LogP contribution in [-0.2, 0) is 4.79 Å². The molecule has 1 heterocycles. The summed E-state index contributed by atoms with van der Waals surface area (Å²) in [5.74, 6) is -0.683. The maximum absolute atomic E-state index is 10.8. The van der Waals surface area contributed by atoms with E-state index in [4.69, 9.17) is 15.6 Å². The molecule has 5 heteroatoms. The van der Waals surface area contributed by atoms with Crippen molar-refractivity contribution in [3.8, 4) is 5.88 Å². The molecule has 0 spiro atoms. The van der Waals surface area contributed by atoms with Gasteiger partial charge in [0, 0.05) is 23.7 Å². The third kappa shape index (κ3) is 3.71. The molecule has 0 saturated carbocycles. The van der Waals surface area contributed by atoms with Gasteiger partial charge < -0.3 is 15.6 Å². The van der Waals surface area contributed by atoms with E-state index in [0.717, 1.165) is 0 Å². The molecular formula is C12H18N2O3. The monoisotopic (exact) mass is 238 g/mol. The first-order chi connectivity index (χ1) is 8.08. The number of hydrogen-bond acceptors (Lipinski definition) is 4. The Bertz CT molecular complexity index is 382. The van der Waals surface area contributed by atoms with E-state index < -0.39 is 5.97 Å². The van der Waals surface area contributed by atoms with Crippen LogP contribution in [0.1, 0.15) is 31.4 Å². The molecule has 0 aliphatic heterocycles. The van der Waals surface area contributed by atoms with E-state index in [9.17, 15) is 4.79 Å². The van der Waals surface area contributed by atoms with Crippen LogP contribution in [0.5, 0.6) is 5.88 Å². The number of aliphatic carboxylic acids is 1. The van der Waals surface area contributed by atoms with E-state index in [-0.39, 0.29) is 18.4 Å². The largest absolute Gasteiger partial charge is 0.481 e. The van der Waals surface area contributed by atoms with Gasteiger partial charge in [-0.3, -0.25) is 4.79 Å². The van der Waals surface area contributed by atoms with E-state index in [1.807, 2.05) is 6.92 Å². The average molecular weight is 238 g/mol. The molecule has 0 saturated heterocycles. The Hall–Kier alpha value is -1.62. The Balaban J connectivity index is 2.98. The molecule has 0 aliphatic rings. The molecular weight excluding hydrogens is 220 g/mol. The molecule has 5 nitrogen and oxygen atoms in total. The Morgan fingerprint density at radius 1 is 1.59 bits per heavy atom. The number of nitrogens with two attached hydrogens (primary N) is 1. The van der Waals surface area contributed by atoms with Crippen molar-refractivity contribution in [3.63, 3.8) is 0 Å². The second-order valence-corrected chi connectivity index (χ2v) is 3.88. The number of pyridine rings is 1. The average Bonchev–Trinajstić information content (AvgIpc) is 2.35. The predicted octanol–water partition coefficient (Wildman–Crippen LogP) is 1.39. The smallest absolute Gasteiger partial charge is 0.304 e. The minimum absolute atomic E-state index is 0.0187. The molecule has 0 radical (unpaired) electrons. The van der Waals surface area contributed by atoms with Crippen LogP contribution >= 0.6 is 0 Å². The molecule has 0 bridgehead atoms. The van der Waals surface area contributed by atoms with E-state index in [1.54, 1.807) is 18.2 Å². The number of aromatic nitrogens is 1. The second kappa shape index (κ2) is 6.20. The molecule has 0 aromatic carbocycles. The fraction of sp³-hybridized carbons (Fsp3) is 0.500. The summed E-state index contributed by atoms with van der Waals surface area (Å²) < 4.78 is 5.02. The maximum Gasteiger partial charge on any atom is 0.304 e. The first kappa shape index (κ1) is 13.4. The van der Waals surface area contributed by atoms with Crippen molar-refractivity contribution in [1.82, 2.24) is 4.98 Å². The molecule has 0 aliphatic carbocycles. The topological polar surface area (TPSA) is 85.4 Å². The highest BCUT2D eigenvalue weighted by Gasteiger charge is 2.23. The summed E-state index contributed by atoms with van der Waals surface area (Å²) in [7, 11) is 1.53. The number of nitrogens with zero attached hydrogens (tertiary/aromatic N) is 1. The van der Waals surface area contributed by atoms with Gasteiger partial charge >= 0.3 is 5.97 Å². The first-order valence-corrected chi connectivity index (χ1v) is 5.56. The molecule has 2 atom stereocenters. The Morgan fingerprint density at radius 2 is 2.29 bits per heavy atom. The molecule has 1 aromatic rings. The lowest BCUT2D eigenvalue weighted by atomic mass is 9.91. The van der Waals surface area contributed by atoms with Crippen molar-refractivity contribution in [2.24, 2.45) is 5.73 Å². The van der Waals surface area contributed by atoms with Crippen LogP contribution in [0.3, 0.4) is 0 Å². The molecule has 1 rings (SSSR count). The zero-order valence-electron chi connectivity index (χ0n) is 10.1. The van der Waals surface area contributed by atoms with Gasteiger partial charge in [0.05, 0.1) is 13.5 Å². The van der Waals surface area contributed by atoms with Gasteiger partial charge in [0.1, 0.15) is 0 Å². The Morgan fingerprint density at radius 3 is 2.82 bits per heavy atom. The molecule has 0 fully saturated rings. The zero-order valence-corrected chi connectivity index (χ0v) is 10.1. The van der Waals surface area contributed by atoms with Crippen LogP contribution in [-0.4, -0.2) is 29.2 Å². The minimum Gasteiger partial charge on any atom is -0.481 e. The maximum atomic E-state index is 10.8. The Labute approximate surface area is 101 Å². The van der Waals surface area contributed by atoms with Gasteiger partial charge in [-0.05, 0) is 12.5 Å². The van der Waals surface area contributed by atoms with Gasteiger partial charge in [0.2, 0.25) is 5.88 Å². The zero-order chi connectivity index (χ0) is 12.8. The van der Waals surface area contributed by atoms with Crippen LogP contribution in [0.2, 0.25) is 0 Å². The number of carbonyl (C=O) groups is 1. The van der Waals surface area contributed by atoms with Gasteiger partial charge in [-0.15, -0.1) is 0 Å². The first-order valence-electron chi connectivity index (χ1n) is 5.56. The quantitative estimate of drug-likeness (QED) is 0.782. The number of rotatable bonds is 6. The molecule has 17 heavy (non-hydrogen) atoms. The lowest BCUT2D eigenvalue weighted by Crippen LogP contribution is -2.30. The molecule has 0 amide bonds. The molecule has 3 N–H and O–H groups in total. The van der Waals surface area contributed by atoms with Gasteiger partial charge in [-0.25, -0.2) is 4.98 Å². The van der Waals surface area contributed by atoms with Gasteiger partial charge in [-0.1, -0.05) is 13.0 Å². The summed E-state index contributed by atoms with van der Waals surface area (Å²) in [6, 6.07) is 5.08. The normalized spacial score (nSPS) is 14.1. The summed E-state index contributed by atoms with van der Waals surface area (Å²) in [5, 5.41) is 8.90. The van der Waals surface area contributed by atoms with Crippen molar-refractivity contribution in [1.29, 1.82) is 0 Å². The summed E-state index contributed by atoms with van der Waals surface area (Å²) >= 11 is 0. The molecule has 94 valence electrons. The van der Waals surface area contributed by atoms with Crippen LogP contribution in [0, 0.1) is 0 Å². The summed E-state index contributed by atoms with van der Waals surface area (Å²) in [4.78, 5) is 15.1. The SMILES string of the molecule is CCC(N)C(CC(=O)O)c1cccc(OC)n1. The standard InChI is InChI=1S/C12H18N2O3/c1-3-9(13)8(7-12(15)16)10-5-4-6-11(14-10)17-2/h4-6,8-9H,3,7,13H2,1-2H3,(H,15,16). The van der Waals surface area contributed by atoms with Crippen molar-refractivity contribution < 1.29 is 14.6 Å². The second-order valence-electron chi connectivity index (χ2n) is 3.88. The third-order valence-electron chi connectivity index (χ3n) is 2.72. The van der Waals surface area contributed by atoms with Gasteiger partial charge in [-0.2, -0.15) is 0 Å². The van der Waals surface area contributed by atoms with Crippen LogP contribution in [0.25, 0.3) is 0 Å². The van der Waals surface area contributed by atoms with E-state index in [1.165, 1.54) is 7.11 Å². The molecule has 1 aromatic heterocycles. The van der Waals surface area contributed by atoms with E-state index >= 15 is 0 Å². The summed E-state index contributed by atoms with van der Waals surface area (Å²) in [5.41, 5.74) is 6.61. The highest BCUT2D eigenvalue weighted by atomic mass is 16.5. The lowest BCUT2D eigenvalue weighted by molar-refractivity contribution is -0.137. The summed E-state index contributed by atoms with van der Waals surface area (Å²) in [6.07, 6.45) is 0.687. The lowest BCUT2D eigenvalue weighted by Gasteiger charge is -2.20. The number of methoxy groups -OCH3 is 1. The van der Waals surface area contributed by atoms with E-state index in [0.29, 0.717) is 18.0 Å². The van der Waals surface area contributed by atoms with Crippen molar-refractivity contribution in [2.45, 2.75) is 31.7 Å². The van der Waals surface area contributed by atoms with E-state index in [2.05, 4.69) is 4.98 Å². The molecule has 2 unspecified atom stereocenters. The third-order valence-corrected chi connectivity index (χ3v) is 2.72. The van der Waals surface area contributed by atoms with Crippen molar-refractivity contribution in [3.05, 3.63) is 23.9 Å². The predicted molar refractivity (Wildman–Crippen MR) is 64.0 cm³/mol. The minimum atomic E-state index is -0.872. The van der Waals surface area contributed by atoms with Crippen molar-refractivity contribution in [2.75, 3.05) is 7.11 Å². The summed E-state index contributed by atoms with van der Waals surface area (Å²) in [6.45, 7) is 1.93. The number of hydrogen-bond donors (Lipinski definition) is 2. The number of ether oxygens (including phenoxy) is 1. The van der Waals surface area contributed by atoms with Crippen LogP contribution in [0.4, 0.5) is 0 Å². The van der Waals surface area contributed by atoms with Crippen molar-refractivity contribution >= 4 is 5.97 Å². The number of carboxylic acids is 1. The van der Waals surface area contributed by atoms with Crippen LogP contribution < -0.4 is 10.5 Å².